The molecule has 8 nitrogen and oxygen atoms in total. The molecule has 0 aromatic rings. The van der Waals surface area contributed by atoms with Crippen LogP contribution in [-0.4, -0.2) is 75.5 Å². The van der Waals surface area contributed by atoms with E-state index in [9.17, 15) is 13.2 Å². The first-order valence-corrected chi connectivity index (χ1v) is 7.74. The summed E-state index contributed by atoms with van der Waals surface area (Å²) in [5.74, 6) is 0. The third kappa shape index (κ3) is 3.35. The maximum Gasteiger partial charge on any atom is 0.407 e. The first kappa shape index (κ1) is 14.5. The molecule has 1 unspecified atom stereocenters. The minimum Gasteiger partial charge on any atom is -0.453 e. The number of ether oxygens (including phenoxy) is 1. The molecule has 2 N–H and O–H groups in total. The predicted octanol–water partition coefficient (Wildman–Crippen LogP) is -1.43. The van der Waals surface area contributed by atoms with Crippen LogP contribution in [0.15, 0.2) is 0 Å². The quantitative estimate of drug-likeness (QED) is 0.665. The zero-order valence-electron chi connectivity index (χ0n) is 11.0. The van der Waals surface area contributed by atoms with Crippen LogP contribution < -0.4 is 10.6 Å². The van der Waals surface area contributed by atoms with Crippen LogP contribution in [0, 0.1) is 0 Å². The van der Waals surface area contributed by atoms with Gasteiger partial charge in [-0.3, -0.25) is 0 Å². The summed E-state index contributed by atoms with van der Waals surface area (Å²) in [5, 5.41) is 5.76. The highest BCUT2D eigenvalue weighted by molar-refractivity contribution is 7.86. The van der Waals surface area contributed by atoms with E-state index in [2.05, 4.69) is 15.4 Å². The van der Waals surface area contributed by atoms with Gasteiger partial charge in [0.25, 0.3) is 10.2 Å². The van der Waals surface area contributed by atoms with E-state index in [-0.39, 0.29) is 6.04 Å². The molecule has 2 rings (SSSR count). The van der Waals surface area contributed by atoms with Gasteiger partial charge in [0.1, 0.15) is 0 Å². The Bertz CT molecular complexity index is 421. The lowest BCUT2D eigenvalue weighted by Gasteiger charge is -2.30. The first-order chi connectivity index (χ1) is 9.04. The molecule has 1 amide bonds. The number of methoxy groups -OCH3 is 1. The lowest BCUT2D eigenvalue weighted by molar-refractivity contribution is 0.167. The zero-order chi connectivity index (χ0) is 13.9. The minimum atomic E-state index is -3.40. The third-order valence-electron chi connectivity index (χ3n) is 3.39. The van der Waals surface area contributed by atoms with E-state index in [0.717, 1.165) is 0 Å². The zero-order valence-corrected chi connectivity index (χ0v) is 11.8. The number of hydrogen-bond donors (Lipinski definition) is 2. The lowest BCUT2D eigenvalue weighted by atomic mass is 10.3. The fourth-order valence-corrected chi connectivity index (χ4v) is 3.99. The number of alkyl carbamates (subject to hydrolysis) is 1. The molecule has 2 saturated heterocycles. The Morgan fingerprint density at radius 1 is 1.26 bits per heavy atom. The van der Waals surface area contributed by atoms with Crippen molar-refractivity contribution in [2.24, 2.45) is 0 Å². The molecule has 19 heavy (non-hydrogen) atoms. The van der Waals surface area contributed by atoms with E-state index in [1.54, 1.807) is 0 Å². The molecule has 2 aliphatic heterocycles. The highest BCUT2D eigenvalue weighted by Gasteiger charge is 2.36. The summed E-state index contributed by atoms with van der Waals surface area (Å²) >= 11 is 0. The molecule has 0 aliphatic carbocycles. The van der Waals surface area contributed by atoms with Crippen LogP contribution in [-0.2, 0) is 14.9 Å². The number of rotatable bonds is 3. The second kappa shape index (κ2) is 6.04. The summed E-state index contributed by atoms with van der Waals surface area (Å²) < 4.78 is 32.2. The van der Waals surface area contributed by atoms with Crippen molar-refractivity contribution in [3.05, 3.63) is 0 Å². The van der Waals surface area contributed by atoms with E-state index >= 15 is 0 Å². The van der Waals surface area contributed by atoms with Crippen molar-refractivity contribution in [1.29, 1.82) is 0 Å². The van der Waals surface area contributed by atoms with Gasteiger partial charge in [-0.15, -0.1) is 0 Å². The van der Waals surface area contributed by atoms with Crippen LogP contribution in [0.5, 0.6) is 0 Å². The molecule has 9 heteroatoms. The van der Waals surface area contributed by atoms with Gasteiger partial charge in [0, 0.05) is 45.3 Å². The van der Waals surface area contributed by atoms with Crippen molar-refractivity contribution in [3.63, 3.8) is 0 Å². The number of carbonyl (C=O) groups excluding carboxylic acids is 1. The van der Waals surface area contributed by atoms with E-state index in [4.69, 9.17) is 0 Å². The third-order valence-corrected chi connectivity index (χ3v) is 5.39. The molecule has 2 fully saturated rings. The van der Waals surface area contributed by atoms with Crippen molar-refractivity contribution >= 4 is 16.3 Å². The molecule has 0 radical (unpaired) electrons. The van der Waals surface area contributed by atoms with Crippen molar-refractivity contribution in [3.8, 4) is 0 Å². The van der Waals surface area contributed by atoms with Gasteiger partial charge in [-0.25, -0.2) is 4.79 Å². The number of carbonyl (C=O) groups is 1. The van der Waals surface area contributed by atoms with Gasteiger partial charge in [0.15, 0.2) is 0 Å². The highest BCUT2D eigenvalue weighted by atomic mass is 32.2. The van der Waals surface area contributed by atoms with Crippen molar-refractivity contribution < 1.29 is 17.9 Å². The molecular weight excluding hydrogens is 272 g/mol. The SMILES string of the molecule is COC(=O)NC1CCN(S(=O)(=O)N2CCNCC2)C1. The smallest absolute Gasteiger partial charge is 0.407 e. The Labute approximate surface area is 113 Å². The molecule has 1 atom stereocenters. The normalized spacial score (nSPS) is 26.3. The number of amides is 1. The molecule has 2 aliphatic rings. The van der Waals surface area contributed by atoms with E-state index in [1.165, 1.54) is 15.7 Å². The van der Waals surface area contributed by atoms with Gasteiger partial charge in [-0.1, -0.05) is 0 Å². The van der Waals surface area contributed by atoms with Crippen LogP contribution in [0.1, 0.15) is 6.42 Å². The van der Waals surface area contributed by atoms with Crippen molar-refractivity contribution in [2.45, 2.75) is 12.5 Å². The number of piperazine rings is 1. The maximum absolute atomic E-state index is 12.4. The molecule has 0 spiro atoms. The van der Waals surface area contributed by atoms with E-state index in [0.29, 0.717) is 45.7 Å². The van der Waals surface area contributed by atoms with Gasteiger partial charge in [-0.2, -0.15) is 17.0 Å². The predicted molar refractivity (Wildman–Crippen MR) is 68.9 cm³/mol. The Hall–Kier alpha value is -0.900. The molecule has 0 aromatic heterocycles. The summed E-state index contributed by atoms with van der Waals surface area (Å²) in [6.07, 6.45) is 0.0897. The van der Waals surface area contributed by atoms with E-state index < -0.39 is 16.3 Å². The summed E-state index contributed by atoms with van der Waals surface area (Å²) in [7, 11) is -2.11. The fraction of sp³-hybridized carbons (Fsp3) is 0.900. The Kier molecular flexibility index (Phi) is 4.61. The second-order valence-corrected chi connectivity index (χ2v) is 6.56. The second-order valence-electron chi connectivity index (χ2n) is 4.64. The molecule has 0 bridgehead atoms. The topological polar surface area (TPSA) is 91.0 Å². The Morgan fingerprint density at radius 3 is 2.58 bits per heavy atom. The average molecular weight is 292 g/mol. The average Bonchev–Trinajstić information content (AvgIpc) is 2.89. The summed E-state index contributed by atoms with van der Waals surface area (Å²) in [4.78, 5) is 11.1. The monoisotopic (exact) mass is 292 g/mol. The maximum atomic E-state index is 12.4. The number of hydrogen-bond acceptors (Lipinski definition) is 5. The number of nitrogens with zero attached hydrogens (tertiary/aromatic N) is 2. The van der Waals surface area contributed by atoms with Gasteiger partial charge in [0.05, 0.1) is 7.11 Å². The molecular formula is C10H20N4O4S. The van der Waals surface area contributed by atoms with Crippen molar-refractivity contribution in [2.75, 3.05) is 46.4 Å². The van der Waals surface area contributed by atoms with E-state index in [1.807, 2.05) is 0 Å². The number of nitrogens with one attached hydrogen (secondary N) is 2. The van der Waals surface area contributed by atoms with Gasteiger partial charge < -0.3 is 15.4 Å². The van der Waals surface area contributed by atoms with Crippen molar-refractivity contribution in [1.82, 2.24) is 19.2 Å². The van der Waals surface area contributed by atoms with Gasteiger partial charge in [0.2, 0.25) is 0 Å². The van der Waals surface area contributed by atoms with Crippen LogP contribution in [0.3, 0.4) is 0 Å². The highest BCUT2D eigenvalue weighted by Crippen LogP contribution is 2.17. The van der Waals surface area contributed by atoms with Crippen LogP contribution >= 0.6 is 0 Å². The lowest BCUT2D eigenvalue weighted by Crippen LogP contribution is -2.51. The first-order valence-electron chi connectivity index (χ1n) is 6.34. The van der Waals surface area contributed by atoms with Gasteiger partial charge >= 0.3 is 6.09 Å². The summed E-state index contributed by atoms with van der Waals surface area (Å²) in [6, 6.07) is -0.176. The van der Waals surface area contributed by atoms with Crippen LogP contribution in [0.25, 0.3) is 0 Å². The standard InChI is InChI=1S/C10H20N4O4S/c1-18-10(15)12-9-2-5-14(8-9)19(16,17)13-6-3-11-4-7-13/h9,11H,2-8H2,1H3,(H,12,15). The van der Waals surface area contributed by atoms with Crippen LogP contribution in [0.2, 0.25) is 0 Å². The largest absolute Gasteiger partial charge is 0.453 e. The summed E-state index contributed by atoms with van der Waals surface area (Å²) in [5.41, 5.74) is 0. The Morgan fingerprint density at radius 2 is 1.95 bits per heavy atom. The molecule has 0 aromatic carbocycles. The van der Waals surface area contributed by atoms with Crippen LogP contribution in [0.4, 0.5) is 4.79 Å². The van der Waals surface area contributed by atoms with Gasteiger partial charge in [-0.05, 0) is 6.42 Å². The molecule has 2 heterocycles. The molecule has 110 valence electrons. The fourth-order valence-electron chi connectivity index (χ4n) is 2.32. The minimum absolute atomic E-state index is 0.176. The summed E-state index contributed by atoms with van der Waals surface area (Å²) in [6.45, 7) is 3.08. The molecule has 0 saturated carbocycles. The Balaban J connectivity index is 1.93.